The highest BCUT2D eigenvalue weighted by molar-refractivity contribution is 9.10. The lowest BCUT2D eigenvalue weighted by Gasteiger charge is -2.14. The van der Waals surface area contributed by atoms with Gasteiger partial charge in [0.25, 0.3) is 0 Å². The predicted octanol–water partition coefficient (Wildman–Crippen LogP) is 6.29. The van der Waals surface area contributed by atoms with Gasteiger partial charge in [0.15, 0.2) is 0 Å². The lowest BCUT2D eigenvalue weighted by atomic mass is 10.1. The van der Waals surface area contributed by atoms with Crippen molar-refractivity contribution in [1.29, 1.82) is 0 Å². The SMILES string of the molecule is CCOC(=O)c1ccc(CC)c(Oc2cc(Cl)cc(Br)c2Cl)c1. The third-order valence-corrected chi connectivity index (χ3v) is 4.60. The molecule has 2 aromatic carbocycles. The number of hydrogen-bond acceptors (Lipinski definition) is 3. The molecule has 0 bridgehead atoms. The van der Waals surface area contributed by atoms with E-state index in [4.69, 9.17) is 32.7 Å². The van der Waals surface area contributed by atoms with Crippen LogP contribution in [0.5, 0.6) is 11.5 Å². The Kier molecular flexibility index (Phi) is 6.33. The molecule has 0 aliphatic heterocycles. The Balaban J connectivity index is 2.42. The van der Waals surface area contributed by atoms with E-state index < -0.39 is 5.97 Å². The molecule has 6 heteroatoms. The van der Waals surface area contributed by atoms with E-state index >= 15 is 0 Å². The maximum Gasteiger partial charge on any atom is 0.338 e. The molecule has 0 N–H and O–H groups in total. The molecule has 2 aromatic rings. The average molecular weight is 418 g/mol. The van der Waals surface area contributed by atoms with E-state index in [1.807, 2.05) is 13.0 Å². The topological polar surface area (TPSA) is 35.5 Å². The zero-order valence-electron chi connectivity index (χ0n) is 12.7. The third-order valence-electron chi connectivity index (χ3n) is 3.14. The lowest BCUT2D eigenvalue weighted by Crippen LogP contribution is -2.05. The normalized spacial score (nSPS) is 10.5. The van der Waals surface area contributed by atoms with Gasteiger partial charge in [-0.15, -0.1) is 0 Å². The first-order chi connectivity index (χ1) is 11.0. The minimum absolute atomic E-state index is 0.317. The van der Waals surface area contributed by atoms with Crippen molar-refractivity contribution < 1.29 is 14.3 Å². The molecule has 2 rings (SSSR count). The van der Waals surface area contributed by atoms with Gasteiger partial charge in [0.1, 0.15) is 11.5 Å². The Hall–Kier alpha value is -1.23. The fraction of sp³-hybridized carbons (Fsp3) is 0.235. The van der Waals surface area contributed by atoms with Gasteiger partial charge in [-0.25, -0.2) is 4.79 Å². The summed E-state index contributed by atoms with van der Waals surface area (Å²) in [4.78, 5) is 11.9. The van der Waals surface area contributed by atoms with E-state index in [2.05, 4.69) is 15.9 Å². The van der Waals surface area contributed by atoms with Crippen LogP contribution >= 0.6 is 39.1 Å². The molecule has 0 radical (unpaired) electrons. The number of benzene rings is 2. The van der Waals surface area contributed by atoms with Crippen LogP contribution in [0.25, 0.3) is 0 Å². The smallest absolute Gasteiger partial charge is 0.338 e. The molecule has 0 aliphatic carbocycles. The summed E-state index contributed by atoms with van der Waals surface area (Å²) in [6, 6.07) is 8.54. The van der Waals surface area contributed by atoms with E-state index in [9.17, 15) is 4.79 Å². The van der Waals surface area contributed by atoms with Crippen LogP contribution in [0.2, 0.25) is 10.0 Å². The van der Waals surface area contributed by atoms with Crippen LogP contribution in [-0.2, 0) is 11.2 Å². The van der Waals surface area contributed by atoms with Gasteiger partial charge in [0, 0.05) is 15.6 Å². The highest BCUT2D eigenvalue weighted by Crippen LogP contribution is 2.39. The quantitative estimate of drug-likeness (QED) is 0.423. The van der Waals surface area contributed by atoms with Crippen molar-refractivity contribution in [3.8, 4) is 11.5 Å². The van der Waals surface area contributed by atoms with Crippen molar-refractivity contribution in [2.75, 3.05) is 6.61 Å². The first-order valence-corrected chi connectivity index (χ1v) is 8.63. The van der Waals surface area contributed by atoms with E-state index in [1.165, 1.54) is 0 Å². The minimum atomic E-state index is -0.390. The number of carbonyl (C=O) groups is 1. The molecule has 122 valence electrons. The van der Waals surface area contributed by atoms with Crippen molar-refractivity contribution in [3.05, 3.63) is 56.0 Å². The van der Waals surface area contributed by atoms with Gasteiger partial charge < -0.3 is 9.47 Å². The fourth-order valence-electron chi connectivity index (χ4n) is 2.01. The fourth-order valence-corrected chi connectivity index (χ4v) is 2.94. The standard InChI is InChI=1S/C17H15BrCl2O3/c1-3-10-5-6-11(17(21)22-4-2)7-14(10)23-15-9-12(19)8-13(18)16(15)20/h5-9H,3-4H2,1-2H3. The van der Waals surface area contributed by atoms with Crippen LogP contribution < -0.4 is 4.74 Å². The number of aryl methyl sites for hydroxylation is 1. The second-order valence-corrected chi connectivity index (χ2v) is 6.37. The maximum absolute atomic E-state index is 11.9. The van der Waals surface area contributed by atoms with Crippen LogP contribution in [0.3, 0.4) is 0 Å². The zero-order valence-corrected chi connectivity index (χ0v) is 15.8. The van der Waals surface area contributed by atoms with Crippen LogP contribution in [0.1, 0.15) is 29.8 Å². The van der Waals surface area contributed by atoms with Crippen molar-refractivity contribution in [2.45, 2.75) is 20.3 Å². The minimum Gasteiger partial charge on any atom is -0.462 e. The molecule has 0 unspecified atom stereocenters. The molecule has 0 fully saturated rings. The predicted molar refractivity (Wildman–Crippen MR) is 96.0 cm³/mol. The summed E-state index contributed by atoms with van der Waals surface area (Å²) in [6.45, 7) is 4.08. The Bertz CT molecular complexity index is 732. The molecular weight excluding hydrogens is 403 g/mol. The van der Waals surface area contributed by atoms with Crippen LogP contribution in [0.4, 0.5) is 0 Å². The number of esters is 1. The molecule has 3 nitrogen and oxygen atoms in total. The number of rotatable bonds is 5. The largest absolute Gasteiger partial charge is 0.462 e. The van der Waals surface area contributed by atoms with Crippen molar-refractivity contribution in [3.63, 3.8) is 0 Å². The van der Waals surface area contributed by atoms with Gasteiger partial charge in [0.2, 0.25) is 0 Å². The lowest BCUT2D eigenvalue weighted by molar-refractivity contribution is 0.0526. The number of carbonyl (C=O) groups excluding carboxylic acids is 1. The Morgan fingerprint density at radius 2 is 1.87 bits per heavy atom. The summed E-state index contributed by atoms with van der Waals surface area (Å²) in [5, 5.41) is 0.911. The van der Waals surface area contributed by atoms with Crippen LogP contribution in [0, 0.1) is 0 Å². The van der Waals surface area contributed by atoms with Gasteiger partial charge in [0.05, 0.1) is 17.2 Å². The van der Waals surface area contributed by atoms with Gasteiger partial charge in [-0.1, -0.05) is 36.2 Å². The monoisotopic (exact) mass is 416 g/mol. The van der Waals surface area contributed by atoms with Crippen molar-refractivity contribution in [2.24, 2.45) is 0 Å². The molecule has 0 amide bonds. The van der Waals surface area contributed by atoms with E-state index in [0.717, 1.165) is 12.0 Å². The Labute approximate surface area is 153 Å². The number of hydrogen-bond donors (Lipinski definition) is 0. The zero-order chi connectivity index (χ0) is 17.0. The summed E-state index contributed by atoms with van der Waals surface area (Å²) in [5.74, 6) is 0.578. The van der Waals surface area contributed by atoms with Crippen molar-refractivity contribution >= 4 is 45.1 Å². The number of ether oxygens (including phenoxy) is 2. The molecule has 0 aliphatic rings. The first-order valence-electron chi connectivity index (χ1n) is 7.08. The third kappa shape index (κ3) is 4.40. The summed E-state index contributed by atoms with van der Waals surface area (Å²) in [7, 11) is 0. The summed E-state index contributed by atoms with van der Waals surface area (Å²) in [6.07, 6.45) is 0.748. The molecule has 0 aromatic heterocycles. The molecule has 0 saturated carbocycles. The highest BCUT2D eigenvalue weighted by Gasteiger charge is 2.14. The highest BCUT2D eigenvalue weighted by atomic mass is 79.9. The average Bonchev–Trinajstić information content (AvgIpc) is 2.52. The first kappa shape index (κ1) is 18.1. The van der Waals surface area contributed by atoms with E-state index in [1.54, 1.807) is 31.2 Å². The summed E-state index contributed by atoms with van der Waals surface area (Å²) >= 11 is 15.6. The molecular formula is C17H15BrCl2O3. The Morgan fingerprint density at radius 3 is 2.52 bits per heavy atom. The van der Waals surface area contributed by atoms with Gasteiger partial charge >= 0.3 is 5.97 Å². The molecule has 0 atom stereocenters. The van der Waals surface area contributed by atoms with Crippen molar-refractivity contribution in [1.82, 2.24) is 0 Å². The molecule has 0 spiro atoms. The maximum atomic E-state index is 11.9. The van der Waals surface area contributed by atoms with Crippen LogP contribution in [-0.4, -0.2) is 12.6 Å². The summed E-state index contributed by atoms with van der Waals surface area (Å²) < 4.78 is 11.6. The van der Waals surface area contributed by atoms with Gasteiger partial charge in [-0.05, 0) is 53.0 Å². The second-order valence-electron chi connectivity index (χ2n) is 4.70. The van der Waals surface area contributed by atoms with Crippen LogP contribution in [0.15, 0.2) is 34.8 Å². The van der Waals surface area contributed by atoms with E-state index in [-0.39, 0.29) is 0 Å². The Morgan fingerprint density at radius 1 is 1.13 bits per heavy atom. The summed E-state index contributed by atoms with van der Waals surface area (Å²) in [5.41, 5.74) is 1.38. The second kappa shape index (κ2) is 8.04. The molecule has 0 heterocycles. The van der Waals surface area contributed by atoms with Gasteiger partial charge in [-0.3, -0.25) is 0 Å². The molecule has 0 saturated heterocycles. The molecule has 23 heavy (non-hydrogen) atoms. The van der Waals surface area contributed by atoms with Gasteiger partial charge in [-0.2, -0.15) is 0 Å². The number of halogens is 3. The van der Waals surface area contributed by atoms with E-state index in [0.29, 0.717) is 38.2 Å².